The second kappa shape index (κ2) is 5.58. The summed E-state index contributed by atoms with van der Waals surface area (Å²) in [4.78, 5) is 0. The molecule has 5 N–H and O–H groups in total. The number of phenols is 1. The van der Waals surface area contributed by atoms with Gasteiger partial charge in [0.25, 0.3) is 0 Å². The Hall–Kier alpha value is -1.26. The molecule has 0 heterocycles. The first-order valence-electron chi connectivity index (χ1n) is 5.10. The van der Waals surface area contributed by atoms with Gasteiger partial charge < -0.3 is 21.3 Å². The minimum absolute atomic E-state index is 0.164. The summed E-state index contributed by atoms with van der Waals surface area (Å²) in [7, 11) is 0. The first-order valence-corrected chi connectivity index (χ1v) is 5.10. The van der Waals surface area contributed by atoms with Crippen LogP contribution in [0.2, 0.25) is 0 Å². The van der Waals surface area contributed by atoms with Gasteiger partial charge in [-0.25, -0.2) is 0 Å². The third-order valence-electron chi connectivity index (χ3n) is 2.13. The maximum Gasteiger partial charge on any atom is 0.120 e. The van der Waals surface area contributed by atoms with Crippen molar-refractivity contribution in [1.82, 2.24) is 0 Å². The third kappa shape index (κ3) is 3.11. The number of phenolic OH excluding ortho intramolecular Hbond substituents is 1. The monoisotopic (exact) mass is 210 g/mol. The summed E-state index contributed by atoms with van der Waals surface area (Å²) in [5.74, 6) is 0.880. The summed E-state index contributed by atoms with van der Waals surface area (Å²) in [5, 5.41) is 9.57. The zero-order chi connectivity index (χ0) is 11.3. The Kier molecular flexibility index (Phi) is 4.39. The van der Waals surface area contributed by atoms with Gasteiger partial charge in [-0.1, -0.05) is 6.92 Å². The molecule has 0 saturated carbocycles. The number of rotatable bonds is 5. The van der Waals surface area contributed by atoms with E-state index in [4.69, 9.17) is 16.2 Å². The molecule has 1 aromatic carbocycles. The van der Waals surface area contributed by atoms with Crippen molar-refractivity contribution in [2.45, 2.75) is 19.4 Å². The fraction of sp³-hybridized carbons (Fsp3) is 0.455. The lowest BCUT2D eigenvalue weighted by molar-refractivity contribution is 0.316. The lowest BCUT2D eigenvalue weighted by Gasteiger charge is -2.13. The molecule has 4 heteroatoms. The fourth-order valence-electron chi connectivity index (χ4n) is 1.27. The highest BCUT2D eigenvalue weighted by molar-refractivity contribution is 5.41. The van der Waals surface area contributed by atoms with E-state index in [1.165, 1.54) is 0 Å². The number of hydrogen-bond donors (Lipinski definition) is 3. The molecule has 0 fully saturated rings. The van der Waals surface area contributed by atoms with Gasteiger partial charge in [-0.15, -0.1) is 0 Å². The quantitative estimate of drug-likeness (QED) is 0.680. The van der Waals surface area contributed by atoms with E-state index in [9.17, 15) is 5.11 Å². The van der Waals surface area contributed by atoms with Crippen molar-refractivity contribution in [3.8, 4) is 11.5 Å². The molecular weight excluding hydrogens is 192 g/mol. The van der Waals surface area contributed by atoms with Crippen LogP contribution in [-0.2, 0) is 0 Å². The average molecular weight is 210 g/mol. The maximum absolute atomic E-state index is 9.57. The first kappa shape index (κ1) is 11.8. The van der Waals surface area contributed by atoms with Crippen LogP contribution in [0, 0.1) is 0 Å². The van der Waals surface area contributed by atoms with Crippen LogP contribution in [0.4, 0.5) is 0 Å². The van der Waals surface area contributed by atoms with E-state index in [-0.39, 0.29) is 11.8 Å². The molecule has 0 saturated heterocycles. The molecule has 1 atom stereocenters. The summed E-state index contributed by atoms with van der Waals surface area (Å²) < 4.78 is 5.44. The van der Waals surface area contributed by atoms with E-state index in [0.717, 1.165) is 6.42 Å². The van der Waals surface area contributed by atoms with E-state index >= 15 is 0 Å². The second-order valence-electron chi connectivity index (χ2n) is 3.41. The minimum Gasteiger partial charge on any atom is -0.508 e. The van der Waals surface area contributed by atoms with Crippen LogP contribution >= 0.6 is 0 Å². The molecule has 84 valence electrons. The van der Waals surface area contributed by atoms with E-state index in [1.807, 2.05) is 6.92 Å². The molecule has 4 nitrogen and oxygen atoms in total. The Morgan fingerprint density at radius 2 is 2.20 bits per heavy atom. The van der Waals surface area contributed by atoms with Crippen LogP contribution in [-0.4, -0.2) is 18.3 Å². The smallest absolute Gasteiger partial charge is 0.120 e. The normalized spacial score (nSPS) is 12.5. The van der Waals surface area contributed by atoms with Crippen molar-refractivity contribution in [3.63, 3.8) is 0 Å². The Bertz CT molecular complexity index is 315. The van der Waals surface area contributed by atoms with E-state index in [2.05, 4.69) is 0 Å². The molecule has 1 aromatic rings. The van der Waals surface area contributed by atoms with Crippen LogP contribution in [0.15, 0.2) is 18.2 Å². The molecule has 1 rings (SSSR count). The number of nitrogens with two attached hydrogens (primary N) is 2. The van der Waals surface area contributed by atoms with Gasteiger partial charge in [0.2, 0.25) is 0 Å². The van der Waals surface area contributed by atoms with Crippen molar-refractivity contribution in [3.05, 3.63) is 23.8 Å². The molecule has 0 amide bonds. The van der Waals surface area contributed by atoms with Crippen LogP contribution in [0.25, 0.3) is 0 Å². The molecule has 0 aliphatic carbocycles. The maximum atomic E-state index is 9.57. The average Bonchev–Trinajstić information content (AvgIpc) is 2.27. The van der Waals surface area contributed by atoms with Crippen molar-refractivity contribution >= 4 is 0 Å². The van der Waals surface area contributed by atoms with Crippen molar-refractivity contribution < 1.29 is 9.84 Å². The summed E-state index contributed by atoms with van der Waals surface area (Å²) in [6.45, 7) is 2.99. The molecule has 0 spiro atoms. The highest BCUT2D eigenvalue weighted by Gasteiger charge is 2.10. The van der Waals surface area contributed by atoms with Crippen molar-refractivity contribution in [2.75, 3.05) is 13.2 Å². The van der Waals surface area contributed by atoms with Gasteiger partial charge in [0.15, 0.2) is 0 Å². The molecule has 0 aromatic heterocycles. The Balaban J connectivity index is 2.84. The van der Waals surface area contributed by atoms with Gasteiger partial charge in [-0.05, 0) is 24.6 Å². The molecule has 0 radical (unpaired) electrons. The number of ether oxygens (including phenoxy) is 1. The SMILES string of the molecule is CCCOc1ccc(O)c([C@@H](N)CN)c1. The van der Waals surface area contributed by atoms with E-state index < -0.39 is 0 Å². The van der Waals surface area contributed by atoms with Crippen LogP contribution in [0.5, 0.6) is 11.5 Å². The summed E-state index contributed by atoms with van der Waals surface area (Å²) in [5.41, 5.74) is 11.8. The van der Waals surface area contributed by atoms with Crippen molar-refractivity contribution in [1.29, 1.82) is 0 Å². The molecule has 0 aliphatic rings. The standard InChI is InChI=1S/C11H18N2O2/c1-2-5-15-8-3-4-11(14)9(6-8)10(13)7-12/h3-4,6,10,14H,2,5,7,12-13H2,1H3/t10-/m0/s1. The Labute approximate surface area is 89.8 Å². The summed E-state index contributed by atoms with van der Waals surface area (Å²) in [6.07, 6.45) is 0.944. The predicted octanol–water partition coefficient (Wildman–Crippen LogP) is 1.14. The van der Waals surface area contributed by atoms with Gasteiger partial charge in [-0.2, -0.15) is 0 Å². The largest absolute Gasteiger partial charge is 0.508 e. The van der Waals surface area contributed by atoms with Gasteiger partial charge in [-0.3, -0.25) is 0 Å². The van der Waals surface area contributed by atoms with Crippen LogP contribution in [0.1, 0.15) is 24.9 Å². The Morgan fingerprint density at radius 3 is 2.80 bits per heavy atom. The number of aromatic hydroxyl groups is 1. The fourth-order valence-corrected chi connectivity index (χ4v) is 1.27. The first-order chi connectivity index (χ1) is 7.19. The number of hydrogen-bond acceptors (Lipinski definition) is 4. The van der Waals surface area contributed by atoms with Gasteiger partial charge in [0, 0.05) is 18.2 Å². The van der Waals surface area contributed by atoms with Gasteiger partial charge in [0.1, 0.15) is 11.5 Å². The summed E-state index contributed by atoms with van der Waals surface area (Å²) in [6, 6.07) is 4.69. The third-order valence-corrected chi connectivity index (χ3v) is 2.13. The van der Waals surface area contributed by atoms with Crippen LogP contribution < -0.4 is 16.2 Å². The van der Waals surface area contributed by atoms with Gasteiger partial charge >= 0.3 is 0 Å². The lowest BCUT2D eigenvalue weighted by Crippen LogP contribution is -2.20. The van der Waals surface area contributed by atoms with Crippen molar-refractivity contribution in [2.24, 2.45) is 11.5 Å². The van der Waals surface area contributed by atoms with E-state index in [0.29, 0.717) is 24.5 Å². The predicted molar refractivity (Wildman–Crippen MR) is 59.9 cm³/mol. The highest BCUT2D eigenvalue weighted by Crippen LogP contribution is 2.26. The minimum atomic E-state index is -0.352. The second-order valence-corrected chi connectivity index (χ2v) is 3.41. The molecule has 15 heavy (non-hydrogen) atoms. The Morgan fingerprint density at radius 1 is 1.47 bits per heavy atom. The summed E-state index contributed by atoms with van der Waals surface area (Å²) >= 11 is 0. The van der Waals surface area contributed by atoms with Crippen LogP contribution in [0.3, 0.4) is 0 Å². The molecule has 0 bridgehead atoms. The van der Waals surface area contributed by atoms with E-state index in [1.54, 1.807) is 18.2 Å². The zero-order valence-corrected chi connectivity index (χ0v) is 8.94. The topological polar surface area (TPSA) is 81.5 Å². The zero-order valence-electron chi connectivity index (χ0n) is 8.94. The molecule has 0 unspecified atom stereocenters. The highest BCUT2D eigenvalue weighted by atomic mass is 16.5. The van der Waals surface area contributed by atoms with Gasteiger partial charge in [0.05, 0.1) is 6.61 Å². The molecule has 0 aliphatic heterocycles. The lowest BCUT2D eigenvalue weighted by atomic mass is 10.1. The number of benzene rings is 1. The molecular formula is C11H18N2O2.